The van der Waals surface area contributed by atoms with Crippen molar-refractivity contribution in [1.82, 2.24) is 15.1 Å². The summed E-state index contributed by atoms with van der Waals surface area (Å²) < 4.78 is 11.0. The van der Waals surface area contributed by atoms with E-state index < -0.39 is 0 Å². The summed E-state index contributed by atoms with van der Waals surface area (Å²) in [7, 11) is 0. The van der Waals surface area contributed by atoms with Gasteiger partial charge in [-0.2, -0.15) is 4.98 Å². The predicted octanol–water partition coefficient (Wildman–Crippen LogP) is 3.91. The summed E-state index contributed by atoms with van der Waals surface area (Å²) in [5, 5.41) is 8.71. The van der Waals surface area contributed by atoms with Crippen LogP contribution in [0.25, 0.3) is 22.4 Å². The van der Waals surface area contributed by atoms with Gasteiger partial charge < -0.3 is 19.6 Å². The fraction of sp³-hybridized carbons (Fsp3) is 0.211. The highest BCUT2D eigenvalue weighted by molar-refractivity contribution is 7.17. The molecule has 27 heavy (non-hydrogen) atoms. The van der Waals surface area contributed by atoms with Gasteiger partial charge in [-0.05, 0) is 42.5 Å². The molecule has 0 saturated heterocycles. The van der Waals surface area contributed by atoms with Crippen molar-refractivity contribution in [2.75, 3.05) is 11.9 Å². The van der Waals surface area contributed by atoms with E-state index in [0.29, 0.717) is 35.5 Å². The first-order valence-electron chi connectivity index (χ1n) is 8.60. The number of aryl methyl sites for hydroxylation is 1. The number of anilines is 1. The number of aromatic amines is 1. The quantitative estimate of drug-likeness (QED) is 0.562. The normalized spacial score (nSPS) is 13.7. The van der Waals surface area contributed by atoms with E-state index in [1.54, 1.807) is 6.92 Å². The second-order valence-corrected chi connectivity index (χ2v) is 7.50. The number of aromatic nitrogens is 3. The number of H-pyrrole nitrogens is 1. The maximum absolute atomic E-state index is 12.9. The van der Waals surface area contributed by atoms with E-state index in [2.05, 4.69) is 20.4 Å². The van der Waals surface area contributed by atoms with Gasteiger partial charge in [0.2, 0.25) is 0 Å². The molecule has 0 saturated carbocycles. The zero-order chi connectivity index (χ0) is 18.4. The molecule has 1 aliphatic rings. The molecule has 1 amide bonds. The largest absolute Gasteiger partial charge is 0.376 e. The lowest BCUT2D eigenvalue weighted by molar-refractivity contribution is 0.102. The van der Waals surface area contributed by atoms with Crippen molar-refractivity contribution >= 4 is 33.1 Å². The van der Waals surface area contributed by atoms with E-state index in [0.717, 1.165) is 33.3 Å². The number of nitrogens with zero attached hydrogens (tertiary/aromatic N) is 2. The molecule has 7 nitrogen and oxygen atoms in total. The number of hydrogen-bond donors (Lipinski definition) is 2. The highest BCUT2D eigenvalue weighted by Gasteiger charge is 2.27. The molecule has 8 heteroatoms. The molecule has 5 rings (SSSR count). The first-order valence-corrected chi connectivity index (χ1v) is 9.42. The van der Waals surface area contributed by atoms with Gasteiger partial charge in [0.25, 0.3) is 11.8 Å². The molecule has 3 aromatic heterocycles. The van der Waals surface area contributed by atoms with Gasteiger partial charge in [-0.15, -0.1) is 11.3 Å². The molecule has 136 valence electrons. The minimum absolute atomic E-state index is 0.177. The van der Waals surface area contributed by atoms with Gasteiger partial charge >= 0.3 is 0 Å². The van der Waals surface area contributed by atoms with Crippen molar-refractivity contribution in [1.29, 1.82) is 0 Å². The van der Waals surface area contributed by atoms with E-state index in [1.165, 1.54) is 11.3 Å². The first kappa shape index (κ1) is 16.2. The van der Waals surface area contributed by atoms with Crippen LogP contribution in [0.4, 0.5) is 5.00 Å². The Labute approximate surface area is 158 Å². The Hall–Kier alpha value is -2.97. The maximum Gasteiger partial charge on any atom is 0.261 e. The second-order valence-electron chi connectivity index (χ2n) is 6.39. The van der Waals surface area contributed by atoms with Crippen LogP contribution < -0.4 is 5.32 Å². The van der Waals surface area contributed by atoms with E-state index in [4.69, 9.17) is 9.26 Å². The lowest BCUT2D eigenvalue weighted by Crippen LogP contribution is -2.12. The Morgan fingerprint density at radius 3 is 3.11 bits per heavy atom. The SMILES string of the molecule is Cc1noc(-c2c(NC(=O)c3ccc4cc[nH]c4c3)sc3c2CCOC3)n1. The Bertz CT molecular complexity index is 1160. The average Bonchev–Trinajstić information content (AvgIpc) is 3.38. The first-order chi connectivity index (χ1) is 13.2. The van der Waals surface area contributed by atoms with E-state index in [1.807, 2.05) is 30.5 Å². The van der Waals surface area contributed by atoms with Crippen LogP contribution in [-0.2, 0) is 17.8 Å². The molecule has 0 unspecified atom stereocenters. The Balaban J connectivity index is 1.54. The monoisotopic (exact) mass is 380 g/mol. The smallest absolute Gasteiger partial charge is 0.261 e. The van der Waals surface area contributed by atoms with Gasteiger partial charge in [-0.1, -0.05) is 11.2 Å². The third-order valence-electron chi connectivity index (χ3n) is 4.61. The van der Waals surface area contributed by atoms with Gasteiger partial charge in [0.15, 0.2) is 5.82 Å². The van der Waals surface area contributed by atoms with Crippen molar-refractivity contribution in [3.8, 4) is 11.5 Å². The summed E-state index contributed by atoms with van der Waals surface area (Å²) in [5.74, 6) is 0.817. The van der Waals surface area contributed by atoms with Gasteiger partial charge in [-0.25, -0.2) is 0 Å². The number of amides is 1. The number of carbonyl (C=O) groups excluding carboxylic acids is 1. The average molecular weight is 380 g/mol. The highest BCUT2D eigenvalue weighted by atomic mass is 32.1. The van der Waals surface area contributed by atoms with Gasteiger partial charge in [0.1, 0.15) is 5.00 Å². The van der Waals surface area contributed by atoms with Crippen molar-refractivity contribution in [3.05, 3.63) is 52.3 Å². The number of hydrogen-bond acceptors (Lipinski definition) is 6. The summed E-state index contributed by atoms with van der Waals surface area (Å²) >= 11 is 1.50. The number of nitrogens with one attached hydrogen (secondary N) is 2. The molecule has 4 heterocycles. The minimum atomic E-state index is -0.177. The number of fused-ring (bicyclic) bond motifs is 2. The van der Waals surface area contributed by atoms with Crippen LogP contribution in [0.15, 0.2) is 35.0 Å². The molecule has 1 aromatic carbocycles. The molecule has 0 atom stereocenters. The molecular weight excluding hydrogens is 364 g/mol. The molecule has 0 radical (unpaired) electrons. The van der Waals surface area contributed by atoms with Crippen LogP contribution >= 0.6 is 11.3 Å². The maximum atomic E-state index is 12.9. The Morgan fingerprint density at radius 1 is 1.33 bits per heavy atom. The van der Waals surface area contributed by atoms with Crippen molar-refractivity contribution in [2.24, 2.45) is 0 Å². The summed E-state index contributed by atoms with van der Waals surface area (Å²) in [4.78, 5) is 21.4. The van der Waals surface area contributed by atoms with Crippen LogP contribution in [0.5, 0.6) is 0 Å². The summed E-state index contributed by atoms with van der Waals surface area (Å²) in [6.07, 6.45) is 2.61. The molecule has 0 spiro atoms. The van der Waals surface area contributed by atoms with E-state index in [9.17, 15) is 4.79 Å². The molecule has 2 N–H and O–H groups in total. The van der Waals surface area contributed by atoms with Crippen LogP contribution in [0.2, 0.25) is 0 Å². The fourth-order valence-electron chi connectivity index (χ4n) is 3.31. The summed E-state index contributed by atoms with van der Waals surface area (Å²) in [5.41, 5.74) is 3.44. The van der Waals surface area contributed by atoms with Crippen LogP contribution in [0, 0.1) is 6.92 Å². The van der Waals surface area contributed by atoms with Crippen LogP contribution in [0.1, 0.15) is 26.6 Å². The molecule has 4 aromatic rings. The van der Waals surface area contributed by atoms with Gasteiger partial charge in [-0.3, -0.25) is 4.79 Å². The van der Waals surface area contributed by atoms with Crippen LogP contribution in [-0.4, -0.2) is 27.6 Å². The Morgan fingerprint density at radius 2 is 2.26 bits per heavy atom. The van der Waals surface area contributed by atoms with Crippen LogP contribution in [0.3, 0.4) is 0 Å². The number of ether oxygens (including phenoxy) is 1. The number of benzene rings is 1. The topological polar surface area (TPSA) is 93.0 Å². The third kappa shape index (κ3) is 2.83. The lowest BCUT2D eigenvalue weighted by Gasteiger charge is -2.12. The molecule has 1 aliphatic heterocycles. The van der Waals surface area contributed by atoms with Crippen molar-refractivity contribution < 1.29 is 14.1 Å². The highest BCUT2D eigenvalue weighted by Crippen LogP contribution is 2.42. The van der Waals surface area contributed by atoms with Crippen molar-refractivity contribution in [2.45, 2.75) is 20.0 Å². The number of thiophene rings is 1. The zero-order valence-corrected chi connectivity index (χ0v) is 15.4. The standard InChI is InChI=1S/C19H16N4O3S/c1-10-21-18(26-23-10)16-13-5-7-25-9-15(13)27-19(16)22-17(24)12-3-2-11-4-6-20-14(11)8-12/h2-4,6,8,20H,5,7,9H2,1H3,(H,22,24). The number of carbonyl (C=O) groups is 1. The summed E-state index contributed by atoms with van der Waals surface area (Å²) in [6, 6.07) is 7.56. The minimum Gasteiger partial charge on any atom is -0.376 e. The summed E-state index contributed by atoms with van der Waals surface area (Å²) in [6.45, 7) is 2.95. The van der Waals surface area contributed by atoms with Gasteiger partial charge in [0, 0.05) is 22.2 Å². The molecular formula is C19H16N4O3S. The molecule has 0 fully saturated rings. The lowest BCUT2D eigenvalue weighted by atomic mass is 10.1. The molecule has 0 bridgehead atoms. The zero-order valence-electron chi connectivity index (χ0n) is 14.5. The fourth-order valence-corrected chi connectivity index (χ4v) is 4.48. The number of rotatable bonds is 3. The van der Waals surface area contributed by atoms with E-state index >= 15 is 0 Å². The predicted molar refractivity (Wildman–Crippen MR) is 102 cm³/mol. The third-order valence-corrected chi connectivity index (χ3v) is 5.73. The second kappa shape index (κ2) is 6.33. The van der Waals surface area contributed by atoms with E-state index in [-0.39, 0.29) is 5.91 Å². The van der Waals surface area contributed by atoms with Crippen molar-refractivity contribution in [3.63, 3.8) is 0 Å². The molecule has 0 aliphatic carbocycles. The Kier molecular flexibility index (Phi) is 3.80. The van der Waals surface area contributed by atoms with Gasteiger partial charge in [0.05, 0.1) is 18.8 Å².